The molecule has 0 bridgehead atoms. The zero-order valence-electron chi connectivity index (χ0n) is 24.7. The van der Waals surface area contributed by atoms with Crippen molar-refractivity contribution in [2.24, 2.45) is 0 Å². The smallest absolute Gasteiger partial charge is 0.415 e. The summed E-state index contributed by atoms with van der Waals surface area (Å²) in [7, 11) is 1.48. The van der Waals surface area contributed by atoms with Crippen molar-refractivity contribution >= 4 is 17.9 Å². The monoisotopic (exact) mass is 635 g/mol. The molecule has 2 fully saturated rings. The Labute approximate surface area is 262 Å². The number of aliphatic hydroxyl groups is 4. The lowest BCUT2D eigenvalue weighted by Crippen LogP contribution is -2.45. The number of anilines is 2. The number of carbonyl (C=O) groups is 1. The van der Waals surface area contributed by atoms with Crippen LogP contribution in [0.5, 0.6) is 11.8 Å². The molecular formula is C29H33N9O8. The summed E-state index contributed by atoms with van der Waals surface area (Å²) in [5.74, 6) is -3.05. The fourth-order valence-electron chi connectivity index (χ4n) is 5.26. The van der Waals surface area contributed by atoms with Crippen LogP contribution in [0.2, 0.25) is 0 Å². The molecular weight excluding hydrogens is 602 g/mol. The second-order valence-corrected chi connectivity index (χ2v) is 11.4. The number of hydrogen-bond donors (Lipinski definition) is 7. The van der Waals surface area contributed by atoms with Crippen molar-refractivity contribution in [2.75, 3.05) is 23.9 Å². The summed E-state index contributed by atoms with van der Waals surface area (Å²) >= 11 is 0. The lowest BCUT2D eigenvalue weighted by atomic mass is 9.90. The Kier molecular flexibility index (Phi) is 8.39. The standard InChI is InChI=1S/C29H33N9O8/c1-45-26-32-11-17(12-33-26)16-2-7-22(30-10-16)38(27(40)46-15-28(41)8-9-28)19-5-3-18(4-6-19)35-25-31-13-20(29(42,43)44)23(36-25)24-21(39)14-34-37-24/h2,7,10-14,18-19,39,41-44H,3-6,8-9,15H2,1H3,(H,34,37)(H,31,35,36). The third kappa shape index (κ3) is 6.81. The van der Waals surface area contributed by atoms with Gasteiger partial charge < -0.3 is 40.3 Å². The van der Waals surface area contributed by atoms with Gasteiger partial charge in [0.25, 0.3) is 0 Å². The first kappa shape index (κ1) is 31.0. The number of amides is 1. The predicted octanol–water partition coefficient (Wildman–Crippen LogP) is 1.41. The summed E-state index contributed by atoms with van der Waals surface area (Å²) in [5.41, 5.74) is -0.152. The molecule has 46 heavy (non-hydrogen) atoms. The van der Waals surface area contributed by atoms with Gasteiger partial charge in [0.05, 0.1) is 24.5 Å². The Bertz CT molecular complexity index is 1670. The molecule has 7 N–H and O–H groups in total. The Hall–Kier alpha value is -4.97. The van der Waals surface area contributed by atoms with Crippen molar-refractivity contribution in [1.82, 2.24) is 35.1 Å². The summed E-state index contributed by atoms with van der Waals surface area (Å²) in [6.07, 6.45) is 9.87. The maximum absolute atomic E-state index is 13.4. The Balaban J connectivity index is 1.17. The lowest BCUT2D eigenvalue weighted by molar-refractivity contribution is -0.323. The molecule has 2 aliphatic rings. The van der Waals surface area contributed by atoms with Gasteiger partial charge in [0.1, 0.15) is 23.8 Å². The number of aromatic nitrogens is 7. The maximum atomic E-state index is 13.4. The van der Waals surface area contributed by atoms with E-state index in [0.29, 0.717) is 44.3 Å². The largest absolute Gasteiger partial charge is 0.504 e. The molecule has 0 aliphatic heterocycles. The molecule has 0 spiro atoms. The number of ether oxygens (including phenoxy) is 2. The minimum atomic E-state index is -3.26. The minimum absolute atomic E-state index is 0.0336. The van der Waals surface area contributed by atoms with Gasteiger partial charge in [-0.05, 0) is 50.7 Å². The third-order valence-electron chi connectivity index (χ3n) is 8.03. The minimum Gasteiger partial charge on any atom is -0.504 e. The van der Waals surface area contributed by atoms with Gasteiger partial charge >= 0.3 is 18.1 Å². The molecule has 0 atom stereocenters. The van der Waals surface area contributed by atoms with Gasteiger partial charge in [0, 0.05) is 48.0 Å². The van der Waals surface area contributed by atoms with Crippen molar-refractivity contribution in [3.8, 4) is 34.3 Å². The molecule has 242 valence electrons. The van der Waals surface area contributed by atoms with Crippen molar-refractivity contribution in [1.29, 1.82) is 0 Å². The molecule has 17 heteroatoms. The van der Waals surface area contributed by atoms with Gasteiger partial charge in [-0.3, -0.25) is 10.00 Å². The van der Waals surface area contributed by atoms with Gasteiger partial charge in [-0.2, -0.15) is 5.10 Å². The molecule has 0 unspecified atom stereocenters. The van der Waals surface area contributed by atoms with Crippen molar-refractivity contribution in [2.45, 2.75) is 62.2 Å². The summed E-state index contributed by atoms with van der Waals surface area (Å²) < 4.78 is 10.6. The molecule has 4 aromatic rings. The van der Waals surface area contributed by atoms with Crippen LogP contribution in [0.15, 0.2) is 43.1 Å². The van der Waals surface area contributed by atoms with E-state index in [1.165, 1.54) is 12.0 Å². The lowest BCUT2D eigenvalue weighted by Gasteiger charge is -2.36. The van der Waals surface area contributed by atoms with E-state index < -0.39 is 23.2 Å². The van der Waals surface area contributed by atoms with Crippen LogP contribution in [0.4, 0.5) is 16.6 Å². The molecule has 4 aromatic heterocycles. The maximum Gasteiger partial charge on any atom is 0.415 e. The SMILES string of the molecule is COc1ncc(-c2ccc(N(C(=O)OCC3(O)CC3)C3CCC(Nc4ncc(C(O)(O)O)c(-c5[nH]ncc5O)n4)CC3)nc2)cn1. The molecule has 0 saturated heterocycles. The highest BCUT2D eigenvalue weighted by Crippen LogP contribution is 2.36. The highest BCUT2D eigenvalue weighted by molar-refractivity contribution is 5.87. The summed E-state index contributed by atoms with van der Waals surface area (Å²) in [6, 6.07) is 3.39. The van der Waals surface area contributed by atoms with E-state index in [1.807, 2.05) is 6.07 Å². The summed E-state index contributed by atoms with van der Waals surface area (Å²) in [4.78, 5) is 36.1. The fraction of sp³-hybridized carbons (Fsp3) is 0.414. The second kappa shape index (κ2) is 12.4. The van der Waals surface area contributed by atoms with E-state index in [-0.39, 0.29) is 47.8 Å². The van der Waals surface area contributed by atoms with Gasteiger partial charge in [0.15, 0.2) is 5.75 Å². The number of nitrogens with zero attached hydrogens (tertiary/aromatic N) is 7. The van der Waals surface area contributed by atoms with Crippen molar-refractivity contribution in [3.05, 3.63) is 48.7 Å². The first-order valence-electron chi connectivity index (χ1n) is 14.6. The zero-order chi connectivity index (χ0) is 32.5. The number of pyridine rings is 1. The van der Waals surface area contributed by atoms with Crippen LogP contribution in [-0.2, 0) is 10.7 Å². The average Bonchev–Trinajstić information content (AvgIpc) is 3.64. The molecule has 6 rings (SSSR count). The van der Waals surface area contributed by atoms with E-state index in [1.54, 1.807) is 24.7 Å². The highest BCUT2D eigenvalue weighted by Gasteiger charge is 2.43. The average molecular weight is 636 g/mol. The van der Waals surface area contributed by atoms with Crippen LogP contribution >= 0.6 is 0 Å². The topological polar surface area (TPSA) is 245 Å². The molecule has 0 aromatic carbocycles. The molecule has 2 aliphatic carbocycles. The fourth-order valence-corrected chi connectivity index (χ4v) is 5.26. The molecule has 2 saturated carbocycles. The van der Waals surface area contributed by atoms with E-state index in [0.717, 1.165) is 23.5 Å². The van der Waals surface area contributed by atoms with Crippen LogP contribution in [-0.4, -0.2) is 98.1 Å². The second-order valence-electron chi connectivity index (χ2n) is 11.4. The molecule has 1 amide bonds. The number of aromatic hydroxyl groups is 1. The quantitative estimate of drug-likeness (QED) is 0.122. The Morgan fingerprint density at radius 1 is 1.02 bits per heavy atom. The molecule has 4 heterocycles. The number of H-pyrrole nitrogens is 1. The highest BCUT2D eigenvalue weighted by atomic mass is 16.7. The number of methoxy groups -OCH3 is 1. The van der Waals surface area contributed by atoms with Crippen LogP contribution in [0, 0.1) is 0 Å². The third-order valence-corrected chi connectivity index (χ3v) is 8.03. The summed E-state index contributed by atoms with van der Waals surface area (Å²) in [5, 5.41) is 59.2. The van der Waals surface area contributed by atoms with Crippen LogP contribution in [0.1, 0.15) is 44.1 Å². The number of hydrogen-bond acceptors (Lipinski definition) is 15. The van der Waals surface area contributed by atoms with Gasteiger partial charge in [-0.1, -0.05) is 0 Å². The Morgan fingerprint density at radius 2 is 1.74 bits per heavy atom. The van der Waals surface area contributed by atoms with Crippen molar-refractivity contribution < 1.29 is 39.8 Å². The number of aromatic amines is 1. The van der Waals surface area contributed by atoms with Crippen molar-refractivity contribution in [3.63, 3.8) is 0 Å². The van der Waals surface area contributed by atoms with E-state index >= 15 is 0 Å². The van der Waals surface area contributed by atoms with Gasteiger partial charge in [-0.15, -0.1) is 0 Å². The van der Waals surface area contributed by atoms with Gasteiger partial charge in [-0.25, -0.2) is 29.7 Å². The predicted molar refractivity (Wildman–Crippen MR) is 159 cm³/mol. The first-order chi connectivity index (χ1) is 22.0. The normalized spacial score (nSPS) is 18.9. The number of rotatable bonds is 10. The number of nitrogens with one attached hydrogen (secondary N) is 2. The summed E-state index contributed by atoms with van der Waals surface area (Å²) in [6.45, 7) is -0.0983. The Morgan fingerprint density at radius 3 is 2.33 bits per heavy atom. The number of carbonyl (C=O) groups excluding carboxylic acids is 1. The molecule has 17 nitrogen and oxygen atoms in total. The van der Waals surface area contributed by atoms with E-state index in [4.69, 9.17) is 9.47 Å². The zero-order valence-corrected chi connectivity index (χ0v) is 24.7. The van der Waals surface area contributed by atoms with E-state index in [2.05, 4.69) is 40.4 Å². The van der Waals surface area contributed by atoms with E-state index in [9.17, 15) is 30.3 Å². The van der Waals surface area contributed by atoms with Crippen LogP contribution in [0.25, 0.3) is 22.5 Å². The first-order valence-corrected chi connectivity index (χ1v) is 14.6. The van der Waals surface area contributed by atoms with Crippen LogP contribution in [0.3, 0.4) is 0 Å². The molecule has 0 radical (unpaired) electrons. The van der Waals surface area contributed by atoms with Gasteiger partial charge in [0.2, 0.25) is 5.95 Å². The van der Waals surface area contributed by atoms with Crippen LogP contribution < -0.4 is 15.0 Å².